The maximum absolute atomic E-state index is 11.6. The molecule has 138 valence electrons. The number of carbonyl (C=O) groups is 1. The van der Waals surface area contributed by atoms with Gasteiger partial charge in [0.25, 0.3) is 0 Å². The lowest BCUT2D eigenvalue weighted by atomic mass is 10.3. The average Bonchev–Trinajstić information content (AvgIpc) is 2.59. The largest absolute Gasteiger partial charge is 0.489 e. The summed E-state index contributed by atoms with van der Waals surface area (Å²) in [4.78, 5) is 12.7. The Balaban J connectivity index is 2.02. The summed E-state index contributed by atoms with van der Waals surface area (Å²) in [7, 11) is 0. The van der Waals surface area contributed by atoms with Crippen LogP contribution in [-0.4, -0.2) is 24.4 Å². The van der Waals surface area contributed by atoms with E-state index in [4.69, 9.17) is 9.47 Å². The van der Waals surface area contributed by atoms with Gasteiger partial charge in [-0.2, -0.15) is 0 Å². The molecule has 8 heteroatoms. The normalized spacial score (nSPS) is 11.7. The molecular weight excluding hydrogens is 616 g/mol. The average molecular weight is 630 g/mol. The molecule has 2 rings (SSSR count). The fourth-order valence-electron chi connectivity index (χ4n) is 1.88. The first-order valence-electron chi connectivity index (χ1n) is 7.37. The molecule has 1 unspecified atom stereocenters. The number of hydrogen-bond acceptors (Lipinski definition) is 4. The maximum Gasteiger partial charge on any atom is 0.330 e. The van der Waals surface area contributed by atoms with Crippen LogP contribution >= 0.6 is 75.5 Å². The predicted octanol–water partition coefficient (Wildman–Crippen LogP) is 7.01. The van der Waals surface area contributed by atoms with E-state index in [0.29, 0.717) is 11.5 Å². The zero-order valence-corrected chi connectivity index (χ0v) is 20.5. The standard InChI is InChI=1S/C18H14Br4O3S/c1-2-18(23)25-13(9-24-16-5-3-11(19)7-14(16)21)10-26-17-6-4-12(20)8-15(17)22/h2-8,13H,1,9-10H2. The van der Waals surface area contributed by atoms with Crippen molar-refractivity contribution in [1.29, 1.82) is 0 Å². The van der Waals surface area contributed by atoms with Crippen molar-refractivity contribution in [1.82, 2.24) is 0 Å². The lowest BCUT2D eigenvalue weighted by Crippen LogP contribution is -2.26. The number of thioether (sulfide) groups is 1. The van der Waals surface area contributed by atoms with Crippen molar-refractivity contribution in [3.05, 3.63) is 66.9 Å². The van der Waals surface area contributed by atoms with Crippen molar-refractivity contribution >= 4 is 81.5 Å². The summed E-state index contributed by atoms with van der Waals surface area (Å²) < 4.78 is 15.0. The molecule has 0 aliphatic carbocycles. The third-order valence-corrected chi connectivity index (χ3v) is 6.82. The molecule has 3 nitrogen and oxygen atoms in total. The van der Waals surface area contributed by atoms with Crippen molar-refractivity contribution in [3.63, 3.8) is 0 Å². The zero-order chi connectivity index (χ0) is 19.1. The van der Waals surface area contributed by atoms with Crippen LogP contribution in [0.3, 0.4) is 0 Å². The summed E-state index contributed by atoms with van der Waals surface area (Å²) in [5.41, 5.74) is 0. The number of ether oxygens (including phenoxy) is 2. The molecule has 1 atom stereocenters. The van der Waals surface area contributed by atoms with Crippen LogP contribution < -0.4 is 4.74 Å². The van der Waals surface area contributed by atoms with Gasteiger partial charge in [0.05, 0.1) is 4.47 Å². The monoisotopic (exact) mass is 626 g/mol. The highest BCUT2D eigenvalue weighted by Gasteiger charge is 2.16. The van der Waals surface area contributed by atoms with E-state index in [2.05, 4.69) is 70.3 Å². The van der Waals surface area contributed by atoms with Gasteiger partial charge in [-0.1, -0.05) is 38.4 Å². The van der Waals surface area contributed by atoms with Gasteiger partial charge in [-0.25, -0.2) is 4.79 Å². The molecule has 26 heavy (non-hydrogen) atoms. The highest BCUT2D eigenvalue weighted by molar-refractivity contribution is 9.11. The van der Waals surface area contributed by atoms with Crippen molar-refractivity contribution in [3.8, 4) is 5.75 Å². The highest BCUT2D eigenvalue weighted by Crippen LogP contribution is 2.32. The van der Waals surface area contributed by atoms with Crippen molar-refractivity contribution in [2.24, 2.45) is 0 Å². The second-order valence-corrected chi connectivity index (χ2v) is 9.64. The summed E-state index contributed by atoms with van der Waals surface area (Å²) in [5, 5.41) is 0. The molecule has 0 aliphatic heterocycles. The van der Waals surface area contributed by atoms with Gasteiger partial charge in [-0.05, 0) is 68.3 Å². The van der Waals surface area contributed by atoms with Crippen molar-refractivity contribution in [2.75, 3.05) is 12.4 Å². The first kappa shape index (κ1) is 22.0. The van der Waals surface area contributed by atoms with Crippen LogP contribution in [0.15, 0.2) is 71.8 Å². The molecule has 2 aromatic rings. The van der Waals surface area contributed by atoms with Gasteiger partial charge in [0, 0.05) is 30.1 Å². The Hall–Kier alpha value is -0.280. The van der Waals surface area contributed by atoms with E-state index in [-0.39, 0.29) is 6.61 Å². The fourth-order valence-corrected chi connectivity index (χ4v) is 5.32. The molecule has 0 fully saturated rings. The lowest BCUT2D eigenvalue weighted by Gasteiger charge is -2.18. The van der Waals surface area contributed by atoms with Crippen molar-refractivity contribution in [2.45, 2.75) is 11.0 Å². The van der Waals surface area contributed by atoms with Gasteiger partial charge in [-0.15, -0.1) is 11.8 Å². The van der Waals surface area contributed by atoms with Gasteiger partial charge in [0.1, 0.15) is 18.5 Å². The topological polar surface area (TPSA) is 35.5 Å². The van der Waals surface area contributed by atoms with E-state index in [0.717, 1.165) is 28.9 Å². The zero-order valence-electron chi connectivity index (χ0n) is 13.4. The van der Waals surface area contributed by atoms with Crippen LogP contribution in [0.5, 0.6) is 5.75 Å². The molecule has 0 aliphatic rings. The third kappa shape index (κ3) is 7.03. The van der Waals surface area contributed by atoms with Gasteiger partial charge < -0.3 is 9.47 Å². The van der Waals surface area contributed by atoms with Gasteiger partial charge >= 0.3 is 5.97 Å². The highest BCUT2D eigenvalue weighted by atomic mass is 79.9. The number of carbonyl (C=O) groups excluding carboxylic acids is 1. The summed E-state index contributed by atoms with van der Waals surface area (Å²) in [6, 6.07) is 11.6. The Morgan fingerprint density at radius 2 is 1.73 bits per heavy atom. The minimum Gasteiger partial charge on any atom is -0.489 e. The Kier molecular flexibility index (Phi) is 9.23. The van der Waals surface area contributed by atoms with Gasteiger partial charge in [-0.3, -0.25) is 0 Å². The molecular formula is C18H14Br4O3S. The molecule has 2 aromatic carbocycles. The van der Waals surface area contributed by atoms with Crippen LogP contribution in [0.4, 0.5) is 0 Å². The predicted molar refractivity (Wildman–Crippen MR) is 120 cm³/mol. The Morgan fingerprint density at radius 1 is 1.08 bits per heavy atom. The maximum atomic E-state index is 11.6. The second kappa shape index (κ2) is 10.9. The summed E-state index contributed by atoms with van der Waals surface area (Å²) in [6.07, 6.45) is 0.736. The first-order chi connectivity index (χ1) is 12.4. The fraction of sp³-hybridized carbons (Fsp3) is 0.167. The molecule has 0 radical (unpaired) electrons. The van der Waals surface area contributed by atoms with Crippen LogP contribution in [0.2, 0.25) is 0 Å². The summed E-state index contributed by atoms with van der Waals surface area (Å²) >= 11 is 15.4. The van der Waals surface area contributed by atoms with E-state index < -0.39 is 12.1 Å². The minimum absolute atomic E-state index is 0.237. The summed E-state index contributed by atoms with van der Waals surface area (Å²) in [5.74, 6) is 0.764. The molecule has 0 spiro atoms. The minimum atomic E-state index is -0.469. The molecule has 0 heterocycles. The second-order valence-electron chi connectivity index (χ2n) is 5.03. The van der Waals surface area contributed by atoms with Crippen LogP contribution in [0.25, 0.3) is 0 Å². The number of hydrogen-bond donors (Lipinski definition) is 0. The molecule has 0 bridgehead atoms. The Labute approximate surface area is 190 Å². The van der Waals surface area contributed by atoms with E-state index in [1.807, 2.05) is 36.4 Å². The lowest BCUT2D eigenvalue weighted by molar-refractivity contribution is -0.143. The van der Waals surface area contributed by atoms with E-state index in [1.165, 1.54) is 0 Å². The Morgan fingerprint density at radius 3 is 2.35 bits per heavy atom. The van der Waals surface area contributed by atoms with E-state index in [9.17, 15) is 4.79 Å². The third-order valence-electron chi connectivity index (χ3n) is 3.09. The number of halogens is 4. The van der Waals surface area contributed by atoms with Crippen LogP contribution in [0.1, 0.15) is 0 Å². The number of benzene rings is 2. The SMILES string of the molecule is C=CC(=O)OC(COc1ccc(Br)cc1Br)CSc1ccc(Br)cc1Br. The van der Waals surface area contributed by atoms with Gasteiger partial charge in [0.2, 0.25) is 0 Å². The quantitative estimate of drug-likeness (QED) is 0.179. The number of esters is 1. The van der Waals surface area contributed by atoms with Crippen molar-refractivity contribution < 1.29 is 14.3 Å². The smallest absolute Gasteiger partial charge is 0.330 e. The molecule has 0 amide bonds. The Bertz CT molecular complexity index is 743. The van der Waals surface area contributed by atoms with Gasteiger partial charge in [0.15, 0.2) is 0 Å². The van der Waals surface area contributed by atoms with E-state index >= 15 is 0 Å². The van der Waals surface area contributed by atoms with Crippen LogP contribution in [0, 0.1) is 0 Å². The molecule has 0 saturated heterocycles. The molecule has 0 aromatic heterocycles. The summed E-state index contributed by atoms with van der Waals surface area (Å²) in [6.45, 7) is 3.69. The number of rotatable bonds is 8. The van der Waals surface area contributed by atoms with E-state index in [1.54, 1.807) is 11.8 Å². The first-order valence-corrected chi connectivity index (χ1v) is 11.5. The van der Waals surface area contributed by atoms with Crippen LogP contribution in [-0.2, 0) is 9.53 Å². The molecule has 0 N–H and O–H groups in total. The molecule has 0 saturated carbocycles.